The van der Waals surface area contributed by atoms with Crippen molar-refractivity contribution in [3.63, 3.8) is 0 Å². The van der Waals surface area contributed by atoms with Crippen LogP contribution in [0.25, 0.3) is 0 Å². The van der Waals surface area contributed by atoms with E-state index in [2.05, 4.69) is 9.72 Å². The second-order valence-corrected chi connectivity index (χ2v) is 4.65. The molecule has 0 bridgehead atoms. The molecule has 1 aromatic heterocycles. The number of nitrogens with zero attached hydrogens (tertiary/aromatic N) is 1. The van der Waals surface area contributed by atoms with Gasteiger partial charge in [-0.1, -0.05) is 0 Å². The van der Waals surface area contributed by atoms with Crippen LogP contribution in [0.5, 0.6) is 0 Å². The van der Waals surface area contributed by atoms with Gasteiger partial charge in [0, 0.05) is 17.1 Å². The predicted octanol–water partition coefficient (Wildman–Crippen LogP) is 2.58. The lowest BCUT2D eigenvalue weighted by atomic mass is 10.3. The van der Waals surface area contributed by atoms with Crippen molar-refractivity contribution in [1.82, 2.24) is 4.98 Å². The Balaban J connectivity index is 2.41. The summed E-state index contributed by atoms with van der Waals surface area (Å²) >= 11 is 1.21. The summed E-state index contributed by atoms with van der Waals surface area (Å²) < 4.78 is 53.0. The van der Waals surface area contributed by atoms with Gasteiger partial charge in [0.15, 0.2) is 0 Å². The van der Waals surface area contributed by atoms with Crippen LogP contribution in [0.1, 0.15) is 22.9 Å². The molecule has 1 rings (SSSR count). The van der Waals surface area contributed by atoms with E-state index in [0.29, 0.717) is 5.01 Å². The van der Waals surface area contributed by atoms with Crippen molar-refractivity contribution in [2.24, 2.45) is 5.73 Å². The van der Waals surface area contributed by atoms with Crippen molar-refractivity contribution in [2.45, 2.75) is 31.9 Å². The van der Waals surface area contributed by atoms with Crippen molar-refractivity contribution in [3.05, 3.63) is 16.1 Å². The Labute approximate surface area is 99.6 Å². The van der Waals surface area contributed by atoms with Crippen molar-refractivity contribution in [2.75, 3.05) is 6.61 Å². The monoisotopic (exact) mass is 272 g/mol. The third kappa shape index (κ3) is 4.21. The first-order valence-corrected chi connectivity index (χ1v) is 5.58. The number of alkyl halides is 4. The molecule has 1 aromatic rings. The van der Waals surface area contributed by atoms with E-state index >= 15 is 0 Å². The number of nitrogens with two attached hydrogens (primary N) is 1. The maximum absolute atomic E-state index is 12.5. The first kappa shape index (κ1) is 14.3. The second-order valence-electron chi connectivity index (χ2n) is 3.50. The Bertz CT molecular complexity index is 357. The first-order valence-electron chi connectivity index (χ1n) is 4.77. The van der Waals surface area contributed by atoms with Crippen LogP contribution < -0.4 is 5.73 Å². The lowest BCUT2D eigenvalue weighted by Crippen LogP contribution is -2.32. The summed E-state index contributed by atoms with van der Waals surface area (Å²) in [5.41, 5.74) is 5.58. The van der Waals surface area contributed by atoms with Crippen LogP contribution in [0.4, 0.5) is 17.6 Å². The van der Waals surface area contributed by atoms with Crippen molar-refractivity contribution in [1.29, 1.82) is 0 Å². The highest BCUT2D eigenvalue weighted by molar-refractivity contribution is 7.11. The molecular weight excluding hydrogens is 260 g/mol. The van der Waals surface area contributed by atoms with Gasteiger partial charge < -0.3 is 10.5 Å². The number of thiazole rings is 1. The van der Waals surface area contributed by atoms with E-state index in [1.807, 2.05) is 0 Å². The third-order valence-electron chi connectivity index (χ3n) is 1.86. The van der Waals surface area contributed by atoms with E-state index in [0.717, 1.165) is 4.88 Å². The molecule has 0 aliphatic rings. The number of hydrogen-bond donors (Lipinski definition) is 1. The Kier molecular flexibility index (Phi) is 4.84. The topological polar surface area (TPSA) is 48.1 Å². The van der Waals surface area contributed by atoms with Crippen LogP contribution >= 0.6 is 11.3 Å². The minimum absolute atomic E-state index is 0.205. The van der Waals surface area contributed by atoms with Gasteiger partial charge in [-0.15, -0.1) is 11.3 Å². The first-order chi connectivity index (χ1) is 7.83. The van der Waals surface area contributed by atoms with Gasteiger partial charge in [0.2, 0.25) is 0 Å². The molecule has 0 radical (unpaired) electrons. The molecule has 0 fully saturated rings. The zero-order valence-corrected chi connectivity index (χ0v) is 9.82. The van der Waals surface area contributed by atoms with Crippen LogP contribution in [-0.2, 0) is 11.3 Å². The van der Waals surface area contributed by atoms with Crippen LogP contribution in [-0.4, -0.2) is 23.9 Å². The van der Waals surface area contributed by atoms with Gasteiger partial charge >= 0.3 is 12.3 Å². The van der Waals surface area contributed by atoms with Gasteiger partial charge in [-0.2, -0.15) is 8.78 Å². The Morgan fingerprint density at radius 1 is 1.53 bits per heavy atom. The van der Waals surface area contributed by atoms with Crippen molar-refractivity contribution in [3.8, 4) is 0 Å². The van der Waals surface area contributed by atoms with Crippen molar-refractivity contribution < 1.29 is 22.3 Å². The largest absolute Gasteiger partial charge is 0.368 e. The lowest BCUT2D eigenvalue weighted by Gasteiger charge is -2.14. The van der Waals surface area contributed by atoms with Gasteiger partial charge in [-0.05, 0) is 6.92 Å². The molecule has 0 saturated heterocycles. The Morgan fingerprint density at radius 3 is 2.65 bits per heavy atom. The number of halogens is 4. The molecule has 17 heavy (non-hydrogen) atoms. The molecule has 0 aliphatic carbocycles. The van der Waals surface area contributed by atoms with E-state index in [1.165, 1.54) is 17.5 Å². The van der Waals surface area contributed by atoms with Gasteiger partial charge in [0.25, 0.3) is 0 Å². The number of hydrogen-bond acceptors (Lipinski definition) is 4. The molecule has 0 saturated carbocycles. The van der Waals surface area contributed by atoms with Gasteiger partial charge in [-0.25, -0.2) is 13.8 Å². The highest BCUT2D eigenvalue weighted by Crippen LogP contribution is 2.24. The quantitative estimate of drug-likeness (QED) is 0.810. The van der Waals surface area contributed by atoms with Crippen LogP contribution in [0.15, 0.2) is 6.20 Å². The van der Waals surface area contributed by atoms with E-state index < -0.39 is 19.0 Å². The van der Waals surface area contributed by atoms with E-state index in [1.54, 1.807) is 6.92 Å². The minimum atomic E-state index is -4.12. The van der Waals surface area contributed by atoms with Crippen molar-refractivity contribution >= 4 is 11.3 Å². The van der Waals surface area contributed by atoms with E-state index in [9.17, 15) is 17.6 Å². The minimum Gasteiger partial charge on any atom is -0.368 e. The molecule has 0 spiro atoms. The molecule has 0 aromatic carbocycles. The molecular formula is C9H12F4N2OS. The molecule has 1 heterocycles. The lowest BCUT2D eigenvalue weighted by molar-refractivity contribution is -0.168. The Morgan fingerprint density at radius 2 is 2.18 bits per heavy atom. The smallest absolute Gasteiger partial charge is 0.330 e. The summed E-state index contributed by atoms with van der Waals surface area (Å²) in [5.74, 6) is -4.12. The van der Waals surface area contributed by atoms with Crippen LogP contribution in [0.2, 0.25) is 0 Å². The van der Waals surface area contributed by atoms with Gasteiger partial charge in [0.1, 0.15) is 11.6 Å². The highest BCUT2D eigenvalue weighted by atomic mass is 32.1. The normalized spacial score (nSPS) is 14.3. The number of ether oxygens (including phenoxy) is 1. The summed E-state index contributed by atoms with van der Waals surface area (Å²) in [7, 11) is 0. The molecule has 1 unspecified atom stereocenters. The summed E-state index contributed by atoms with van der Waals surface area (Å²) in [6.45, 7) is 0.209. The fraction of sp³-hybridized carbons (Fsp3) is 0.667. The fourth-order valence-corrected chi connectivity index (χ4v) is 1.75. The average molecular weight is 272 g/mol. The van der Waals surface area contributed by atoms with Crippen LogP contribution in [0.3, 0.4) is 0 Å². The standard InChI is InChI=1S/C9H12F4N2OS/c1-5(14)6-2-15-7(17-6)3-16-4-9(12,13)8(10)11/h2,5,8H,3-4,14H2,1H3. The van der Waals surface area contributed by atoms with E-state index in [-0.39, 0.29) is 12.6 Å². The second kappa shape index (κ2) is 5.74. The van der Waals surface area contributed by atoms with Gasteiger partial charge in [0.05, 0.1) is 6.61 Å². The summed E-state index contributed by atoms with van der Waals surface area (Å²) in [6, 6.07) is -0.205. The molecule has 3 nitrogen and oxygen atoms in total. The summed E-state index contributed by atoms with van der Waals surface area (Å²) in [6.07, 6.45) is -2.21. The zero-order chi connectivity index (χ0) is 13.1. The molecule has 0 amide bonds. The average Bonchev–Trinajstić information content (AvgIpc) is 2.66. The Hall–Kier alpha value is -0.730. The molecule has 0 aliphatic heterocycles. The summed E-state index contributed by atoms with van der Waals surface area (Å²) in [5, 5.41) is 0.433. The van der Waals surface area contributed by atoms with E-state index in [4.69, 9.17) is 5.73 Å². The maximum Gasteiger partial charge on any atom is 0.330 e. The molecule has 2 N–H and O–H groups in total. The van der Waals surface area contributed by atoms with Crippen LogP contribution in [0, 0.1) is 0 Å². The molecule has 1 atom stereocenters. The maximum atomic E-state index is 12.5. The zero-order valence-electron chi connectivity index (χ0n) is 9.00. The summed E-state index contributed by atoms with van der Waals surface area (Å²) in [4.78, 5) is 4.66. The molecule has 98 valence electrons. The predicted molar refractivity (Wildman–Crippen MR) is 55.3 cm³/mol. The third-order valence-corrected chi connectivity index (χ3v) is 3.03. The SMILES string of the molecule is CC(N)c1cnc(COCC(F)(F)C(F)F)s1. The van der Waals surface area contributed by atoms with Gasteiger partial charge in [-0.3, -0.25) is 0 Å². The number of aromatic nitrogens is 1. The highest BCUT2D eigenvalue weighted by Gasteiger charge is 2.40. The molecule has 8 heteroatoms. The number of rotatable bonds is 6. The fourth-order valence-electron chi connectivity index (χ4n) is 0.939.